The average Bonchev–Trinajstić information content (AvgIpc) is 2.95. The predicted molar refractivity (Wildman–Crippen MR) is 77.4 cm³/mol. The molecule has 2 heterocycles. The monoisotopic (exact) mass is 278 g/mol. The van der Waals surface area contributed by atoms with E-state index in [0.717, 1.165) is 41.2 Å². The summed E-state index contributed by atoms with van der Waals surface area (Å²) in [7, 11) is 0. The van der Waals surface area contributed by atoms with Gasteiger partial charge in [-0.05, 0) is 44.6 Å². The van der Waals surface area contributed by atoms with E-state index in [4.69, 9.17) is 21.7 Å². The van der Waals surface area contributed by atoms with Crippen molar-refractivity contribution in [1.82, 2.24) is 9.55 Å². The van der Waals surface area contributed by atoms with Gasteiger partial charge in [-0.25, -0.2) is 0 Å². The number of hydrogen-bond acceptors (Lipinski definition) is 3. The van der Waals surface area contributed by atoms with Crippen LogP contribution in [-0.2, 0) is 4.74 Å². The molecule has 0 aliphatic carbocycles. The van der Waals surface area contributed by atoms with E-state index in [1.807, 2.05) is 26.0 Å². The summed E-state index contributed by atoms with van der Waals surface area (Å²) in [4.78, 5) is 3.28. The molecule has 5 heteroatoms. The van der Waals surface area contributed by atoms with E-state index in [1.54, 1.807) is 0 Å². The molecule has 0 spiro atoms. The van der Waals surface area contributed by atoms with Gasteiger partial charge >= 0.3 is 0 Å². The third-order valence-electron chi connectivity index (χ3n) is 3.35. The number of aromatic nitrogens is 2. The Labute approximate surface area is 117 Å². The maximum absolute atomic E-state index is 5.84. The SMILES string of the molecule is CC(C)Oc1cccc2c1[nH]c(=S)n2C1CCOC1. The van der Waals surface area contributed by atoms with Crippen molar-refractivity contribution in [2.24, 2.45) is 0 Å². The fourth-order valence-electron chi connectivity index (χ4n) is 2.56. The van der Waals surface area contributed by atoms with E-state index >= 15 is 0 Å². The Balaban J connectivity index is 2.13. The molecule has 1 aliphatic heterocycles. The number of fused-ring (bicyclic) bond motifs is 1. The number of aromatic amines is 1. The summed E-state index contributed by atoms with van der Waals surface area (Å²) in [5.74, 6) is 0.858. The minimum absolute atomic E-state index is 0.144. The van der Waals surface area contributed by atoms with Crippen molar-refractivity contribution >= 4 is 23.3 Å². The Kier molecular flexibility index (Phi) is 3.33. The number of benzene rings is 1. The second kappa shape index (κ2) is 4.98. The summed E-state index contributed by atoms with van der Waals surface area (Å²) in [6.45, 7) is 5.59. The number of imidazole rings is 1. The lowest BCUT2D eigenvalue weighted by Gasteiger charge is -2.13. The molecule has 19 heavy (non-hydrogen) atoms. The van der Waals surface area contributed by atoms with Gasteiger partial charge in [0, 0.05) is 6.61 Å². The van der Waals surface area contributed by atoms with E-state index < -0.39 is 0 Å². The normalized spacial score (nSPS) is 19.4. The van der Waals surface area contributed by atoms with Gasteiger partial charge in [0.1, 0.15) is 11.3 Å². The zero-order valence-corrected chi connectivity index (χ0v) is 12.0. The van der Waals surface area contributed by atoms with Crippen LogP contribution in [0.15, 0.2) is 18.2 Å². The largest absolute Gasteiger partial charge is 0.489 e. The zero-order valence-electron chi connectivity index (χ0n) is 11.2. The van der Waals surface area contributed by atoms with E-state index in [9.17, 15) is 0 Å². The van der Waals surface area contributed by atoms with Crippen LogP contribution < -0.4 is 4.74 Å². The highest BCUT2D eigenvalue weighted by molar-refractivity contribution is 7.71. The van der Waals surface area contributed by atoms with Crippen LogP contribution in [0.4, 0.5) is 0 Å². The van der Waals surface area contributed by atoms with E-state index in [0.29, 0.717) is 6.04 Å². The molecule has 4 nitrogen and oxygen atoms in total. The van der Waals surface area contributed by atoms with Gasteiger partial charge in [0.25, 0.3) is 0 Å². The van der Waals surface area contributed by atoms with Crippen LogP contribution >= 0.6 is 12.2 Å². The van der Waals surface area contributed by atoms with Crippen molar-refractivity contribution in [3.05, 3.63) is 23.0 Å². The summed E-state index contributed by atoms with van der Waals surface area (Å²) in [6.07, 6.45) is 1.15. The lowest BCUT2D eigenvalue weighted by atomic mass is 10.2. The van der Waals surface area contributed by atoms with Crippen LogP contribution in [0.3, 0.4) is 0 Å². The van der Waals surface area contributed by atoms with Gasteiger partial charge < -0.3 is 19.0 Å². The molecule has 0 saturated carbocycles. The molecule has 1 unspecified atom stereocenters. The molecular formula is C14H18N2O2S. The van der Waals surface area contributed by atoms with Crippen LogP contribution in [-0.4, -0.2) is 28.9 Å². The Hall–Kier alpha value is -1.33. The third kappa shape index (κ3) is 2.28. The van der Waals surface area contributed by atoms with Crippen LogP contribution in [0, 0.1) is 4.77 Å². The molecule has 1 atom stereocenters. The van der Waals surface area contributed by atoms with Crippen molar-refractivity contribution in [2.75, 3.05) is 13.2 Å². The lowest BCUT2D eigenvalue weighted by molar-refractivity contribution is 0.187. The third-order valence-corrected chi connectivity index (χ3v) is 3.65. The Morgan fingerprint density at radius 1 is 1.47 bits per heavy atom. The molecule has 1 saturated heterocycles. The van der Waals surface area contributed by atoms with Gasteiger partial charge in [-0.2, -0.15) is 0 Å². The standard InChI is InChI=1S/C14H18N2O2S/c1-9(2)18-12-5-3-4-11-13(12)15-14(19)16(11)10-6-7-17-8-10/h3-5,9-10H,6-8H2,1-2H3,(H,15,19). The highest BCUT2D eigenvalue weighted by Gasteiger charge is 2.21. The maximum atomic E-state index is 5.84. The minimum atomic E-state index is 0.144. The molecule has 1 aromatic carbocycles. The first kappa shape index (κ1) is 12.7. The Morgan fingerprint density at radius 2 is 2.32 bits per heavy atom. The van der Waals surface area contributed by atoms with Gasteiger partial charge in [0.15, 0.2) is 4.77 Å². The van der Waals surface area contributed by atoms with Crippen molar-refractivity contribution in [3.63, 3.8) is 0 Å². The fraction of sp³-hybridized carbons (Fsp3) is 0.500. The summed E-state index contributed by atoms with van der Waals surface area (Å²) < 4.78 is 14.2. The fourth-order valence-corrected chi connectivity index (χ4v) is 2.91. The van der Waals surface area contributed by atoms with Crippen molar-refractivity contribution in [2.45, 2.75) is 32.4 Å². The van der Waals surface area contributed by atoms with E-state index in [2.05, 4.69) is 15.6 Å². The van der Waals surface area contributed by atoms with Crippen molar-refractivity contribution < 1.29 is 9.47 Å². The zero-order chi connectivity index (χ0) is 13.4. The first-order valence-corrected chi connectivity index (χ1v) is 7.05. The number of para-hydroxylation sites is 1. The molecule has 1 N–H and O–H groups in total. The lowest BCUT2D eigenvalue weighted by Crippen LogP contribution is -2.08. The van der Waals surface area contributed by atoms with Crippen LogP contribution in [0.5, 0.6) is 5.75 Å². The molecule has 0 radical (unpaired) electrons. The van der Waals surface area contributed by atoms with Gasteiger partial charge in [0.2, 0.25) is 0 Å². The maximum Gasteiger partial charge on any atom is 0.178 e. The number of H-pyrrole nitrogens is 1. The van der Waals surface area contributed by atoms with Crippen LogP contribution in [0.2, 0.25) is 0 Å². The van der Waals surface area contributed by atoms with E-state index in [-0.39, 0.29) is 6.10 Å². The smallest absolute Gasteiger partial charge is 0.178 e. The summed E-state index contributed by atoms with van der Waals surface area (Å²) in [6, 6.07) is 6.39. The molecular weight excluding hydrogens is 260 g/mol. The molecule has 0 amide bonds. The Bertz CT molecular complexity index is 638. The quantitative estimate of drug-likeness (QED) is 0.874. The van der Waals surface area contributed by atoms with E-state index in [1.165, 1.54) is 0 Å². The summed E-state index contributed by atoms with van der Waals surface area (Å²) >= 11 is 5.46. The average molecular weight is 278 g/mol. The number of nitrogens with zero attached hydrogens (tertiary/aromatic N) is 1. The molecule has 1 aliphatic rings. The van der Waals surface area contributed by atoms with Crippen LogP contribution in [0.25, 0.3) is 11.0 Å². The summed E-state index contributed by atoms with van der Waals surface area (Å²) in [5.41, 5.74) is 2.08. The van der Waals surface area contributed by atoms with Gasteiger partial charge in [0.05, 0.1) is 24.3 Å². The van der Waals surface area contributed by atoms with Gasteiger partial charge in [-0.15, -0.1) is 0 Å². The highest BCUT2D eigenvalue weighted by atomic mass is 32.1. The van der Waals surface area contributed by atoms with Crippen molar-refractivity contribution in [1.29, 1.82) is 0 Å². The van der Waals surface area contributed by atoms with Crippen LogP contribution in [0.1, 0.15) is 26.3 Å². The predicted octanol–water partition coefficient (Wildman–Crippen LogP) is 3.45. The second-order valence-electron chi connectivity index (χ2n) is 5.13. The first-order chi connectivity index (χ1) is 9.16. The molecule has 0 bridgehead atoms. The molecule has 102 valence electrons. The first-order valence-electron chi connectivity index (χ1n) is 6.64. The van der Waals surface area contributed by atoms with Crippen molar-refractivity contribution in [3.8, 4) is 5.75 Å². The van der Waals surface area contributed by atoms with Gasteiger partial charge in [-0.1, -0.05) is 6.07 Å². The minimum Gasteiger partial charge on any atom is -0.489 e. The summed E-state index contributed by atoms with van der Waals surface area (Å²) in [5, 5.41) is 0. The molecule has 3 rings (SSSR count). The number of hydrogen-bond donors (Lipinski definition) is 1. The number of ether oxygens (including phenoxy) is 2. The molecule has 2 aromatic rings. The van der Waals surface area contributed by atoms with Gasteiger partial charge in [-0.3, -0.25) is 0 Å². The molecule has 1 aromatic heterocycles. The molecule has 1 fully saturated rings. The number of rotatable bonds is 3. The topological polar surface area (TPSA) is 39.2 Å². The Morgan fingerprint density at radius 3 is 3.00 bits per heavy atom. The highest BCUT2D eigenvalue weighted by Crippen LogP contribution is 2.30. The number of nitrogens with one attached hydrogen (secondary N) is 1. The second-order valence-corrected chi connectivity index (χ2v) is 5.52.